The molecule has 0 radical (unpaired) electrons. The predicted octanol–water partition coefficient (Wildman–Crippen LogP) is 2.34. The van der Waals surface area contributed by atoms with Gasteiger partial charge in [0, 0.05) is 43.0 Å². The molecule has 2 saturated heterocycles. The third-order valence-corrected chi connectivity index (χ3v) is 7.11. The summed E-state index contributed by atoms with van der Waals surface area (Å²) in [6.45, 7) is 7.83. The Balaban J connectivity index is 1.45. The van der Waals surface area contributed by atoms with Gasteiger partial charge in [0.2, 0.25) is 5.91 Å². The van der Waals surface area contributed by atoms with Gasteiger partial charge in [0.15, 0.2) is 0 Å². The molecule has 6 nitrogen and oxygen atoms in total. The maximum Gasteiger partial charge on any atom is 0.225 e. The summed E-state index contributed by atoms with van der Waals surface area (Å²) < 4.78 is 0. The van der Waals surface area contributed by atoms with Gasteiger partial charge in [-0.05, 0) is 45.7 Å². The summed E-state index contributed by atoms with van der Waals surface area (Å²) in [5.41, 5.74) is 1.29. The summed E-state index contributed by atoms with van der Waals surface area (Å²) in [6, 6.07) is 0.457. The predicted molar refractivity (Wildman–Crippen MR) is 106 cm³/mol. The van der Waals surface area contributed by atoms with Crippen LogP contribution in [0.15, 0.2) is 6.33 Å². The van der Waals surface area contributed by atoms with Crippen molar-refractivity contribution in [2.45, 2.75) is 39.2 Å². The van der Waals surface area contributed by atoms with Gasteiger partial charge in [-0.3, -0.25) is 4.79 Å². The molecule has 1 atom stereocenters. The van der Waals surface area contributed by atoms with Crippen molar-refractivity contribution in [3.05, 3.63) is 16.8 Å². The normalized spacial score (nSPS) is 21.7. The van der Waals surface area contributed by atoms with Crippen LogP contribution in [-0.2, 0) is 4.79 Å². The molecule has 7 heteroatoms. The number of carbonyl (C=O) groups excluding carboxylic acids is 1. The number of rotatable bonds is 3. The zero-order valence-electron chi connectivity index (χ0n) is 15.8. The number of thiophene rings is 1. The Labute approximate surface area is 158 Å². The molecule has 0 aliphatic carbocycles. The molecule has 0 aromatic carbocycles. The highest BCUT2D eigenvalue weighted by atomic mass is 32.1. The minimum atomic E-state index is 0.157. The van der Waals surface area contributed by atoms with Crippen LogP contribution < -0.4 is 10.2 Å². The lowest BCUT2D eigenvalue weighted by Crippen LogP contribution is -2.43. The Morgan fingerprint density at radius 1 is 1.19 bits per heavy atom. The summed E-state index contributed by atoms with van der Waals surface area (Å²) in [4.78, 5) is 28.6. The SMILES string of the molecule is CN[C@@H]1CCN(C(=O)C2CCN(c3ncnc4sc(C)c(C)c34)CC2)C1. The van der Waals surface area contributed by atoms with Crippen LogP contribution in [0.2, 0.25) is 0 Å². The minimum absolute atomic E-state index is 0.157. The summed E-state index contributed by atoms with van der Waals surface area (Å²) in [7, 11) is 1.98. The maximum atomic E-state index is 12.8. The van der Waals surface area contributed by atoms with Crippen molar-refractivity contribution in [3.8, 4) is 0 Å². The van der Waals surface area contributed by atoms with Gasteiger partial charge < -0.3 is 15.1 Å². The molecule has 2 aromatic rings. The van der Waals surface area contributed by atoms with E-state index in [-0.39, 0.29) is 5.92 Å². The Kier molecular flexibility index (Phi) is 4.84. The van der Waals surface area contributed by atoms with Gasteiger partial charge in [-0.25, -0.2) is 9.97 Å². The molecule has 4 rings (SSSR count). The molecule has 0 saturated carbocycles. The molecule has 2 aliphatic rings. The molecule has 1 amide bonds. The number of amides is 1. The first-order chi connectivity index (χ1) is 12.6. The lowest BCUT2D eigenvalue weighted by molar-refractivity contribution is -0.135. The van der Waals surface area contributed by atoms with E-state index in [2.05, 4.69) is 38.9 Å². The number of nitrogens with zero attached hydrogens (tertiary/aromatic N) is 4. The van der Waals surface area contributed by atoms with E-state index in [1.807, 2.05) is 7.05 Å². The van der Waals surface area contributed by atoms with Gasteiger partial charge in [0.25, 0.3) is 0 Å². The van der Waals surface area contributed by atoms with E-state index in [1.54, 1.807) is 17.7 Å². The number of aromatic nitrogens is 2. The van der Waals surface area contributed by atoms with Crippen LogP contribution in [0.4, 0.5) is 5.82 Å². The fourth-order valence-corrected chi connectivity index (χ4v) is 5.19. The van der Waals surface area contributed by atoms with Gasteiger partial charge in [-0.2, -0.15) is 0 Å². The molecule has 0 bridgehead atoms. The van der Waals surface area contributed by atoms with Crippen molar-refractivity contribution in [2.75, 3.05) is 38.1 Å². The van der Waals surface area contributed by atoms with Crippen LogP contribution >= 0.6 is 11.3 Å². The van der Waals surface area contributed by atoms with Crippen LogP contribution in [0.25, 0.3) is 10.2 Å². The van der Waals surface area contributed by atoms with Gasteiger partial charge in [0.05, 0.1) is 5.39 Å². The molecular formula is C19H27N5OS. The number of nitrogens with one attached hydrogen (secondary N) is 1. The zero-order valence-corrected chi connectivity index (χ0v) is 16.6. The van der Waals surface area contributed by atoms with Crippen molar-refractivity contribution in [1.82, 2.24) is 20.2 Å². The van der Waals surface area contributed by atoms with Crippen molar-refractivity contribution < 1.29 is 4.79 Å². The molecule has 0 unspecified atom stereocenters. The number of hydrogen-bond donors (Lipinski definition) is 1. The van der Waals surface area contributed by atoms with Crippen LogP contribution in [0, 0.1) is 19.8 Å². The fourth-order valence-electron chi connectivity index (χ4n) is 4.20. The van der Waals surface area contributed by atoms with Crippen molar-refractivity contribution in [1.29, 1.82) is 0 Å². The summed E-state index contributed by atoms with van der Waals surface area (Å²) in [5.74, 6) is 1.54. The number of aryl methyl sites for hydroxylation is 2. The first-order valence-electron chi connectivity index (χ1n) is 9.50. The van der Waals surface area contributed by atoms with E-state index in [4.69, 9.17) is 0 Å². The lowest BCUT2D eigenvalue weighted by Gasteiger charge is -2.34. The second kappa shape index (κ2) is 7.12. The monoisotopic (exact) mass is 373 g/mol. The van der Waals surface area contributed by atoms with Crippen LogP contribution in [0.1, 0.15) is 29.7 Å². The average Bonchev–Trinajstić information content (AvgIpc) is 3.26. The van der Waals surface area contributed by atoms with Gasteiger partial charge >= 0.3 is 0 Å². The molecule has 2 aromatic heterocycles. The number of fused-ring (bicyclic) bond motifs is 1. The Morgan fingerprint density at radius 3 is 2.65 bits per heavy atom. The molecule has 2 fully saturated rings. The van der Waals surface area contributed by atoms with Crippen molar-refractivity contribution in [2.24, 2.45) is 5.92 Å². The van der Waals surface area contributed by atoms with E-state index < -0.39 is 0 Å². The lowest BCUT2D eigenvalue weighted by atomic mass is 9.95. The zero-order chi connectivity index (χ0) is 18.3. The van der Waals surface area contributed by atoms with E-state index >= 15 is 0 Å². The topological polar surface area (TPSA) is 61.4 Å². The van der Waals surface area contributed by atoms with Gasteiger partial charge in [-0.15, -0.1) is 11.3 Å². The van der Waals surface area contributed by atoms with E-state index in [0.29, 0.717) is 11.9 Å². The number of anilines is 1. The van der Waals surface area contributed by atoms with E-state index in [1.165, 1.54) is 15.8 Å². The molecular weight excluding hydrogens is 346 g/mol. The van der Waals surface area contributed by atoms with Crippen LogP contribution in [0.5, 0.6) is 0 Å². The highest BCUT2D eigenvalue weighted by Gasteiger charge is 2.33. The summed E-state index contributed by atoms with van der Waals surface area (Å²) in [5, 5.41) is 4.48. The third-order valence-electron chi connectivity index (χ3n) is 6.00. The molecule has 140 valence electrons. The van der Waals surface area contributed by atoms with Crippen LogP contribution in [0.3, 0.4) is 0 Å². The largest absolute Gasteiger partial charge is 0.356 e. The highest BCUT2D eigenvalue weighted by molar-refractivity contribution is 7.18. The van der Waals surface area contributed by atoms with Gasteiger partial charge in [0.1, 0.15) is 17.0 Å². The smallest absolute Gasteiger partial charge is 0.225 e. The first-order valence-corrected chi connectivity index (χ1v) is 10.3. The quantitative estimate of drug-likeness (QED) is 0.895. The van der Waals surface area contributed by atoms with Gasteiger partial charge in [-0.1, -0.05) is 0 Å². The summed E-state index contributed by atoms with van der Waals surface area (Å²) >= 11 is 1.74. The number of piperidine rings is 1. The Hall–Kier alpha value is -1.73. The fraction of sp³-hybridized carbons (Fsp3) is 0.632. The third kappa shape index (κ3) is 3.07. The number of carbonyl (C=O) groups is 1. The number of hydrogen-bond acceptors (Lipinski definition) is 6. The summed E-state index contributed by atoms with van der Waals surface area (Å²) in [6.07, 6.45) is 4.56. The van der Waals surface area contributed by atoms with Crippen LogP contribution in [-0.4, -0.2) is 60.0 Å². The molecule has 1 N–H and O–H groups in total. The minimum Gasteiger partial charge on any atom is -0.356 e. The standard InChI is InChI=1S/C19H27N5OS/c1-12-13(2)26-18-16(12)17(21-11-22-18)23-7-4-14(5-8-23)19(25)24-9-6-15(10-24)20-3/h11,14-15,20H,4-10H2,1-3H3/t15-/m1/s1. The second-order valence-corrected chi connectivity index (χ2v) is 8.68. The number of likely N-dealkylation sites (N-methyl/N-ethyl adjacent to an activating group) is 1. The second-order valence-electron chi connectivity index (χ2n) is 7.48. The number of likely N-dealkylation sites (tertiary alicyclic amines) is 1. The molecule has 2 aliphatic heterocycles. The highest BCUT2D eigenvalue weighted by Crippen LogP contribution is 2.35. The van der Waals surface area contributed by atoms with E-state index in [9.17, 15) is 4.79 Å². The molecule has 0 spiro atoms. The average molecular weight is 374 g/mol. The Bertz CT molecular complexity index is 812. The Morgan fingerprint density at radius 2 is 1.96 bits per heavy atom. The van der Waals surface area contributed by atoms with E-state index in [0.717, 1.165) is 56.1 Å². The van der Waals surface area contributed by atoms with Crippen molar-refractivity contribution in [3.63, 3.8) is 0 Å². The maximum absolute atomic E-state index is 12.8. The molecule has 4 heterocycles. The van der Waals surface area contributed by atoms with Crippen molar-refractivity contribution >= 4 is 33.3 Å². The first kappa shape index (κ1) is 17.7. The molecule has 26 heavy (non-hydrogen) atoms.